The van der Waals surface area contributed by atoms with Crippen molar-refractivity contribution >= 4 is 34.3 Å². The van der Waals surface area contributed by atoms with Crippen LogP contribution in [0.1, 0.15) is 57.8 Å². The molecule has 3 heterocycles. The Kier molecular flexibility index (Phi) is 7.08. The van der Waals surface area contributed by atoms with Gasteiger partial charge < -0.3 is 14.0 Å². The topological polar surface area (TPSA) is 74.8 Å². The highest BCUT2D eigenvalue weighted by Crippen LogP contribution is 2.32. The number of benzene rings is 2. The number of ether oxygens (including phenoxy) is 2. The number of thiazole rings is 1. The minimum Gasteiger partial charge on any atom is -0.494 e. The molecule has 0 amide bonds. The van der Waals surface area contributed by atoms with Crippen LogP contribution in [-0.2, 0) is 9.53 Å². The minimum absolute atomic E-state index is 0.191. The van der Waals surface area contributed by atoms with Gasteiger partial charge in [-0.05, 0) is 64.5 Å². The van der Waals surface area contributed by atoms with Gasteiger partial charge in [-0.2, -0.15) is 0 Å². The smallest absolute Gasteiger partial charge is 0.338 e. The second kappa shape index (κ2) is 10.5. The number of carbonyl (C=O) groups is 1. The van der Waals surface area contributed by atoms with E-state index >= 15 is 0 Å². The molecule has 7 nitrogen and oxygen atoms in total. The molecule has 0 fully saturated rings. The van der Waals surface area contributed by atoms with Crippen LogP contribution in [0, 0.1) is 0 Å². The third kappa shape index (κ3) is 4.49. The number of carbonyl (C=O) groups excluding carboxylic acids is 1. The summed E-state index contributed by atoms with van der Waals surface area (Å²) in [6, 6.07) is 15.3. The molecule has 4 aromatic rings. The fourth-order valence-corrected chi connectivity index (χ4v) is 5.97. The lowest BCUT2D eigenvalue weighted by atomic mass is 9.96. The van der Waals surface area contributed by atoms with Crippen LogP contribution < -0.4 is 19.6 Å². The number of hydrogen-bond acceptors (Lipinski definition) is 6. The van der Waals surface area contributed by atoms with Crippen molar-refractivity contribution in [1.82, 2.24) is 9.13 Å². The highest BCUT2D eigenvalue weighted by atomic mass is 32.1. The minimum atomic E-state index is -0.653. The summed E-state index contributed by atoms with van der Waals surface area (Å²) < 4.78 is 15.4. The Morgan fingerprint density at radius 3 is 2.53 bits per heavy atom. The zero-order chi connectivity index (χ0) is 27.0. The summed E-state index contributed by atoms with van der Waals surface area (Å²) in [6.45, 7) is 10.5. The lowest BCUT2D eigenvalue weighted by Gasteiger charge is -2.24. The first-order chi connectivity index (χ1) is 18.3. The Labute approximate surface area is 225 Å². The molecule has 5 rings (SSSR count). The lowest BCUT2D eigenvalue weighted by molar-refractivity contribution is -0.139. The van der Waals surface area contributed by atoms with Gasteiger partial charge in [0.15, 0.2) is 4.80 Å². The van der Waals surface area contributed by atoms with Crippen molar-refractivity contribution < 1.29 is 14.3 Å². The third-order valence-corrected chi connectivity index (χ3v) is 7.62. The number of esters is 1. The summed E-state index contributed by atoms with van der Waals surface area (Å²) >= 11 is 1.33. The van der Waals surface area contributed by atoms with Gasteiger partial charge >= 0.3 is 5.97 Å². The van der Waals surface area contributed by atoms with Crippen LogP contribution in [0.4, 0.5) is 0 Å². The number of rotatable bonds is 7. The molecule has 38 heavy (non-hydrogen) atoms. The summed E-state index contributed by atoms with van der Waals surface area (Å²) in [5, 5.41) is 1.08. The van der Waals surface area contributed by atoms with E-state index < -0.39 is 12.0 Å². The first-order valence-corrected chi connectivity index (χ1v) is 13.7. The largest absolute Gasteiger partial charge is 0.494 e. The average Bonchev–Trinajstić information content (AvgIpc) is 3.42. The SMILES string of the molecule is CCOC(=O)C1=C(C)N=c2s/c(=C\c3cn(C(C)C)c4ccccc34)c(=O)n2[C@@H]1c1ccc(OCC)cc1. The van der Waals surface area contributed by atoms with Crippen molar-refractivity contribution in [3.05, 3.63) is 96.8 Å². The van der Waals surface area contributed by atoms with E-state index in [9.17, 15) is 9.59 Å². The second-order valence-corrected chi connectivity index (χ2v) is 10.4. The van der Waals surface area contributed by atoms with Crippen LogP contribution in [0.3, 0.4) is 0 Å². The Morgan fingerprint density at radius 2 is 1.84 bits per heavy atom. The van der Waals surface area contributed by atoms with E-state index in [-0.39, 0.29) is 18.2 Å². The normalized spacial score (nSPS) is 15.6. The molecule has 1 aliphatic heterocycles. The van der Waals surface area contributed by atoms with E-state index in [0.29, 0.717) is 27.2 Å². The van der Waals surface area contributed by atoms with E-state index in [1.54, 1.807) is 18.4 Å². The maximum atomic E-state index is 14.0. The molecule has 1 aliphatic rings. The number of para-hydroxylation sites is 1. The Bertz CT molecular complexity index is 1720. The average molecular weight is 530 g/mol. The molecule has 0 aliphatic carbocycles. The van der Waals surface area contributed by atoms with Gasteiger partial charge in [-0.15, -0.1) is 0 Å². The van der Waals surface area contributed by atoms with Crippen LogP contribution in [0.5, 0.6) is 5.75 Å². The van der Waals surface area contributed by atoms with Crippen LogP contribution in [0.2, 0.25) is 0 Å². The van der Waals surface area contributed by atoms with E-state index in [0.717, 1.165) is 27.8 Å². The second-order valence-electron chi connectivity index (χ2n) is 9.41. The first kappa shape index (κ1) is 25.7. The fourth-order valence-electron chi connectivity index (χ4n) is 4.94. The molecular weight excluding hydrogens is 498 g/mol. The molecule has 0 spiro atoms. The van der Waals surface area contributed by atoms with Crippen molar-refractivity contribution in [2.75, 3.05) is 13.2 Å². The van der Waals surface area contributed by atoms with Crippen LogP contribution in [-0.4, -0.2) is 28.3 Å². The van der Waals surface area contributed by atoms with Crippen molar-refractivity contribution in [1.29, 1.82) is 0 Å². The van der Waals surface area contributed by atoms with E-state index in [2.05, 4.69) is 41.7 Å². The van der Waals surface area contributed by atoms with E-state index in [4.69, 9.17) is 9.47 Å². The maximum absolute atomic E-state index is 14.0. The third-order valence-electron chi connectivity index (χ3n) is 6.64. The molecule has 196 valence electrons. The summed E-state index contributed by atoms with van der Waals surface area (Å²) in [5.74, 6) is 0.255. The highest BCUT2D eigenvalue weighted by molar-refractivity contribution is 7.07. The zero-order valence-electron chi connectivity index (χ0n) is 22.2. The number of allylic oxidation sites excluding steroid dienone is 1. The van der Waals surface area contributed by atoms with E-state index in [1.165, 1.54) is 11.3 Å². The number of nitrogens with zero attached hydrogens (tertiary/aromatic N) is 3. The van der Waals surface area contributed by atoms with Gasteiger partial charge in [0.25, 0.3) is 5.56 Å². The molecular formula is C30H31N3O4S. The van der Waals surface area contributed by atoms with Crippen molar-refractivity contribution in [3.63, 3.8) is 0 Å². The maximum Gasteiger partial charge on any atom is 0.338 e. The van der Waals surface area contributed by atoms with Gasteiger partial charge in [0.1, 0.15) is 5.75 Å². The number of hydrogen-bond donors (Lipinski definition) is 0. The van der Waals surface area contributed by atoms with Gasteiger partial charge in [-0.25, -0.2) is 9.79 Å². The molecule has 1 atom stereocenters. The molecule has 0 radical (unpaired) electrons. The van der Waals surface area contributed by atoms with Gasteiger partial charge in [0, 0.05) is 28.7 Å². The summed E-state index contributed by atoms with van der Waals surface area (Å²) in [4.78, 5) is 32.3. The van der Waals surface area contributed by atoms with Crippen LogP contribution in [0.25, 0.3) is 17.0 Å². The summed E-state index contributed by atoms with van der Waals surface area (Å²) in [5.41, 5.74) is 3.60. The van der Waals surface area contributed by atoms with Gasteiger partial charge in [0.2, 0.25) is 0 Å². The lowest BCUT2D eigenvalue weighted by Crippen LogP contribution is -2.39. The van der Waals surface area contributed by atoms with E-state index in [1.807, 2.05) is 49.4 Å². The Hall–Kier alpha value is -3.91. The molecule has 0 N–H and O–H groups in total. The van der Waals surface area contributed by atoms with Crippen molar-refractivity contribution in [2.45, 2.75) is 46.7 Å². The Balaban J connectivity index is 1.72. The number of fused-ring (bicyclic) bond motifs is 2. The fraction of sp³-hybridized carbons (Fsp3) is 0.300. The molecule has 0 unspecified atom stereocenters. The molecule has 2 aromatic carbocycles. The van der Waals surface area contributed by atoms with Gasteiger partial charge in [-0.1, -0.05) is 41.7 Å². The first-order valence-electron chi connectivity index (χ1n) is 12.9. The van der Waals surface area contributed by atoms with Crippen molar-refractivity contribution in [2.24, 2.45) is 4.99 Å². The van der Waals surface area contributed by atoms with Crippen LogP contribution in [0.15, 0.2) is 75.8 Å². The quantitative estimate of drug-likeness (QED) is 0.325. The standard InChI is InChI=1S/C30H31N3O4S/c1-6-36-22-14-12-20(13-15-22)27-26(29(35)37-7-2)19(5)31-30-33(27)28(34)25(38-30)16-21-17-32(18(3)4)24-11-9-8-10-23(21)24/h8-18,27H,6-7H2,1-5H3/b25-16-/t27-/m1/s1. The monoisotopic (exact) mass is 529 g/mol. The number of aromatic nitrogens is 2. The molecule has 0 bridgehead atoms. The molecule has 0 saturated heterocycles. The Morgan fingerprint density at radius 1 is 1.11 bits per heavy atom. The predicted octanol–water partition coefficient (Wildman–Crippen LogP) is 4.73. The summed E-state index contributed by atoms with van der Waals surface area (Å²) in [7, 11) is 0. The summed E-state index contributed by atoms with van der Waals surface area (Å²) in [6.07, 6.45) is 4.02. The highest BCUT2D eigenvalue weighted by Gasteiger charge is 2.33. The van der Waals surface area contributed by atoms with Gasteiger partial charge in [0.05, 0.1) is 35.1 Å². The predicted molar refractivity (Wildman–Crippen MR) is 150 cm³/mol. The van der Waals surface area contributed by atoms with Crippen LogP contribution >= 0.6 is 11.3 Å². The zero-order valence-corrected chi connectivity index (χ0v) is 23.0. The van der Waals surface area contributed by atoms with Gasteiger partial charge in [-0.3, -0.25) is 9.36 Å². The molecule has 2 aromatic heterocycles. The van der Waals surface area contributed by atoms with Crippen molar-refractivity contribution in [3.8, 4) is 5.75 Å². The molecule has 8 heteroatoms. The molecule has 0 saturated carbocycles.